The third-order valence-electron chi connectivity index (χ3n) is 4.24. The molecule has 102 valence electrons. The minimum atomic E-state index is 0.0956. The minimum Gasteiger partial charge on any atom is -0.334 e. The van der Waals surface area contributed by atoms with E-state index in [0.29, 0.717) is 18.4 Å². The Labute approximate surface area is 118 Å². The minimum absolute atomic E-state index is 0.0956. The van der Waals surface area contributed by atoms with Crippen molar-refractivity contribution in [3.05, 3.63) is 34.0 Å². The van der Waals surface area contributed by atoms with Crippen LogP contribution in [0.15, 0.2) is 28.5 Å². The van der Waals surface area contributed by atoms with Gasteiger partial charge in [0.2, 0.25) is 0 Å². The molecule has 0 radical (unpaired) electrons. The lowest BCUT2D eigenvalue weighted by atomic mass is 9.83. The van der Waals surface area contributed by atoms with Crippen LogP contribution in [-0.2, 0) is 6.54 Å². The highest BCUT2D eigenvalue weighted by atomic mass is 32.1. The number of amides is 2. The lowest BCUT2D eigenvalue weighted by Gasteiger charge is -2.21. The molecule has 2 unspecified atom stereocenters. The standard InChI is InChI=1S/C15H20N2OS/c1-11-2-3-13-8-17(9-14(13)6-11)15(18)16-7-12-4-5-19-10-12/h2,4-5,10,13-14H,3,6-9H2,1H3,(H,16,18). The summed E-state index contributed by atoms with van der Waals surface area (Å²) in [5, 5.41) is 7.15. The molecule has 1 aromatic heterocycles. The molecule has 19 heavy (non-hydrogen) atoms. The number of allylic oxidation sites excluding steroid dienone is 2. The van der Waals surface area contributed by atoms with Crippen LogP contribution in [0, 0.1) is 11.8 Å². The fourth-order valence-electron chi connectivity index (χ4n) is 3.14. The van der Waals surface area contributed by atoms with Crippen molar-refractivity contribution in [2.45, 2.75) is 26.3 Å². The van der Waals surface area contributed by atoms with Gasteiger partial charge in [-0.15, -0.1) is 0 Å². The van der Waals surface area contributed by atoms with Crippen LogP contribution in [0.4, 0.5) is 4.79 Å². The summed E-state index contributed by atoms with van der Waals surface area (Å²) < 4.78 is 0. The molecule has 1 N–H and O–H groups in total. The number of rotatable bonds is 2. The molecule has 1 aliphatic heterocycles. The smallest absolute Gasteiger partial charge is 0.317 e. The van der Waals surface area contributed by atoms with Crippen LogP contribution >= 0.6 is 11.3 Å². The average Bonchev–Trinajstić information content (AvgIpc) is 3.04. The van der Waals surface area contributed by atoms with Gasteiger partial charge in [0, 0.05) is 19.6 Å². The van der Waals surface area contributed by atoms with Crippen molar-refractivity contribution in [3.63, 3.8) is 0 Å². The first kappa shape index (κ1) is 12.7. The van der Waals surface area contributed by atoms with E-state index in [1.165, 1.54) is 17.6 Å². The third-order valence-corrected chi connectivity index (χ3v) is 4.97. The topological polar surface area (TPSA) is 32.3 Å². The van der Waals surface area contributed by atoms with E-state index in [1.807, 2.05) is 10.3 Å². The monoisotopic (exact) mass is 276 g/mol. The maximum Gasteiger partial charge on any atom is 0.317 e. The van der Waals surface area contributed by atoms with Crippen molar-refractivity contribution in [1.82, 2.24) is 10.2 Å². The number of fused-ring (bicyclic) bond motifs is 1. The molecule has 0 bridgehead atoms. The van der Waals surface area contributed by atoms with Crippen LogP contribution in [0.2, 0.25) is 0 Å². The Bertz CT molecular complexity index is 480. The van der Waals surface area contributed by atoms with E-state index in [2.05, 4.69) is 29.8 Å². The fourth-order valence-corrected chi connectivity index (χ4v) is 3.80. The van der Waals surface area contributed by atoms with Crippen molar-refractivity contribution in [3.8, 4) is 0 Å². The average molecular weight is 276 g/mol. The van der Waals surface area contributed by atoms with Gasteiger partial charge in [0.1, 0.15) is 0 Å². The molecule has 4 heteroatoms. The molecule has 1 saturated heterocycles. The van der Waals surface area contributed by atoms with Crippen molar-refractivity contribution in [2.75, 3.05) is 13.1 Å². The molecular formula is C15H20N2OS. The molecule has 3 rings (SSSR count). The van der Waals surface area contributed by atoms with Crippen LogP contribution in [0.3, 0.4) is 0 Å². The van der Waals surface area contributed by atoms with Crippen molar-refractivity contribution < 1.29 is 4.79 Å². The van der Waals surface area contributed by atoms with Crippen LogP contribution in [0.1, 0.15) is 25.3 Å². The number of urea groups is 1. The first-order valence-corrected chi connectivity index (χ1v) is 7.86. The molecule has 0 spiro atoms. The first-order chi connectivity index (χ1) is 9.22. The summed E-state index contributed by atoms with van der Waals surface area (Å²) in [5.74, 6) is 1.35. The van der Waals surface area contributed by atoms with Gasteiger partial charge in [-0.3, -0.25) is 0 Å². The van der Waals surface area contributed by atoms with E-state index in [0.717, 1.165) is 19.5 Å². The lowest BCUT2D eigenvalue weighted by Crippen LogP contribution is -2.38. The molecule has 0 aromatic carbocycles. The number of carbonyl (C=O) groups is 1. The van der Waals surface area contributed by atoms with Gasteiger partial charge in [0.25, 0.3) is 0 Å². The summed E-state index contributed by atoms with van der Waals surface area (Å²) in [4.78, 5) is 14.2. The predicted octanol–water partition coefficient (Wildman–Crippen LogP) is 3.25. The summed E-state index contributed by atoms with van der Waals surface area (Å²) in [6, 6.07) is 2.15. The summed E-state index contributed by atoms with van der Waals surface area (Å²) in [7, 11) is 0. The summed E-state index contributed by atoms with van der Waals surface area (Å²) in [5.41, 5.74) is 2.68. The number of hydrogen-bond donors (Lipinski definition) is 1. The van der Waals surface area contributed by atoms with Gasteiger partial charge in [-0.1, -0.05) is 11.6 Å². The molecule has 2 amide bonds. The summed E-state index contributed by atoms with van der Waals surface area (Å²) >= 11 is 1.67. The second-order valence-electron chi connectivity index (χ2n) is 5.71. The van der Waals surface area contributed by atoms with E-state index in [9.17, 15) is 4.79 Å². The lowest BCUT2D eigenvalue weighted by molar-refractivity contribution is 0.206. The zero-order chi connectivity index (χ0) is 13.2. The van der Waals surface area contributed by atoms with Gasteiger partial charge >= 0.3 is 6.03 Å². The Morgan fingerprint density at radius 3 is 3.11 bits per heavy atom. The van der Waals surface area contributed by atoms with E-state index < -0.39 is 0 Å². The van der Waals surface area contributed by atoms with Crippen molar-refractivity contribution >= 4 is 17.4 Å². The molecule has 1 aromatic rings. The number of nitrogens with one attached hydrogen (secondary N) is 1. The Morgan fingerprint density at radius 2 is 2.32 bits per heavy atom. The normalized spacial score (nSPS) is 25.9. The van der Waals surface area contributed by atoms with Crippen LogP contribution < -0.4 is 5.32 Å². The fraction of sp³-hybridized carbons (Fsp3) is 0.533. The van der Waals surface area contributed by atoms with Gasteiger partial charge in [-0.2, -0.15) is 11.3 Å². The molecule has 0 saturated carbocycles. The number of hydrogen-bond acceptors (Lipinski definition) is 2. The van der Waals surface area contributed by atoms with Crippen molar-refractivity contribution in [1.29, 1.82) is 0 Å². The second-order valence-corrected chi connectivity index (χ2v) is 6.49. The zero-order valence-corrected chi connectivity index (χ0v) is 12.1. The maximum atomic E-state index is 12.2. The number of likely N-dealkylation sites (tertiary alicyclic amines) is 1. The van der Waals surface area contributed by atoms with Gasteiger partial charge < -0.3 is 10.2 Å². The summed E-state index contributed by atoms with van der Waals surface area (Å²) in [6.07, 6.45) is 4.65. The molecule has 1 aliphatic carbocycles. The largest absolute Gasteiger partial charge is 0.334 e. The second kappa shape index (κ2) is 5.37. The maximum absolute atomic E-state index is 12.2. The highest BCUT2D eigenvalue weighted by Gasteiger charge is 2.36. The molecule has 2 heterocycles. The Hall–Kier alpha value is -1.29. The van der Waals surface area contributed by atoms with Crippen molar-refractivity contribution in [2.24, 2.45) is 11.8 Å². The van der Waals surface area contributed by atoms with Crippen LogP contribution in [0.25, 0.3) is 0 Å². The number of nitrogens with zero attached hydrogens (tertiary/aromatic N) is 1. The predicted molar refractivity (Wildman–Crippen MR) is 78.1 cm³/mol. The highest BCUT2D eigenvalue weighted by molar-refractivity contribution is 7.07. The van der Waals surface area contributed by atoms with Crippen LogP contribution in [0.5, 0.6) is 0 Å². The third kappa shape index (κ3) is 2.84. The van der Waals surface area contributed by atoms with Gasteiger partial charge in [-0.25, -0.2) is 4.79 Å². The van der Waals surface area contributed by atoms with E-state index in [-0.39, 0.29) is 6.03 Å². The zero-order valence-electron chi connectivity index (χ0n) is 11.3. The van der Waals surface area contributed by atoms with Gasteiger partial charge in [0.15, 0.2) is 0 Å². The SMILES string of the molecule is CC1=CCC2CN(C(=O)NCc3ccsc3)CC2C1. The number of carbonyl (C=O) groups excluding carboxylic acids is 1. The van der Waals surface area contributed by atoms with Crippen LogP contribution in [-0.4, -0.2) is 24.0 Å². The summed E-state index contributed by atoms with van der Waals surface area (Å²) in [6.45, 7) is 4.69. The molecule has 1 fully saturated rings. The quantitative estimate of drug-likeness (QED) is 0.826. The van der Waals surface area contributed by atoms with E-state index in [4.69, 9.17) is 0 Å². The Morgan fingerprint density at radius 1 is 1.47 bits per heavy atom. The molecule has 2 atom stereocenters. The van der Waals surface area contributed by atoms with E-state index in [1.54, 1.807) is 11.3 Å². The highest BCUT2D eigenvalue weighted by Crippen LogP contribution is 2.35. The molecular weight excluding hydrogens is 256 g/mol. The number of thiophene rings is 1. The Balaban J connectivity index is 1.52. The van der Waals surface area contributed by atoms with Gasteiger partial charge in [-0.05, 0) is 54.0 Å². The first-order valence-electron chi connectivity index (χ1n) is 6.92. The molecule has 2 aliphatic rings. The molecule has 3 nitrogen and oxygen atoms in total. The van der Waals surface area contributed by atoms with Gasteiger partial charge in [0.05, 0.1) is 0 Å². The Kier molecular flexibility index (Phi) is 3.60. The van der Waals surface area contributed by atoms with E-state index >= 15 is 0 Å².